The van der Waals surface area contributed by atoms with Gasteiger partial charge < -0.3 is 5.11 Å². The molecule has 2 amide bonds. The van der Waals surface area contributed by atoms with Crippen LogP contribution in [0.15, 0.2) is 41.3 Å². The number of carbonyl (C=O) groups is 2. The highest BCUT2D eigenvalue weighted by Gasteiger charge is 2.35. The number of phenolic OH excluding ortho intramolecular Hbond substituents is 1. The van der Waals surface area contributed by atoms with Crippen molar-refractivity contribution >= 4 is 74.2 Å². The Morgan fingerprint density at radius 2 is 1.80 bits per heavy atom. The summed E-state index contributed by atoms with van der Waals surface area (Å²) in [4.78, 5) is 26.0. The van der Waals surface area contributed by atoms with Crippen LogP contribution in [0.1, 0.15) is 11.1 Å². The number of carbonyl (C=O) groups excluding carboxylic acids is 2. The zero-order valence-corrected chi connectivity index (χ0v) is 17.6. The molecule has 1 heterocycles. The molecule has 0 radical (unpaired) electrons. The molecule has 4 nitrogen and oxygen atoms in total. The van der Waals surface area contributed by atoms with Gasteiger partial charge in [0.1, 0.15) is 11.6 Å². The fourth-order valence-corrected chi connectivity index (χ4v) is 4.91. The minimum atomic E-state index is -0.451. The molecule has 0 spiro atoms. The number of phenols is 1. The molecule has 128 valence electrons. The Morgan fingerprint density at radius 3 is 2.44 bits per heavy atom. The first kappa shape index (κ1) is 18.6. The van der Waals surface area contributed by atoms with Crippen LogP contribution in [0, 0.1) is 13.0 Å². The third-order valence-electron chi connectivity index (χ3n) is 3.50. The zero-order valence-electron chi connectivity index (χ0n) is 12.5. The van der Waals surface area contributed by atoms with Crippen molar-refractivity contribution in [3.05, 3.63) is 65.4 Å². The molecular formula is C17H10FI2NO3S. The van der Waals surface area contributed by atoms with E-state index in [9.17, 15) is 19.1 Å². The standard InChI is InChI=1S/C17H10FI2NO3S/c18-11-4-2-1-3-10(11)8-21-16(23)14(25-17(21)24)7-9-5-12(19)15(22)13(20)6-9/h1-7,22H,8H2/b14-7+. The molecule has 1 aliphatic rings. The predicted molar refractivity (Wildman–Crippen MR) is 111 cm³/mol. The molecule has 1 aliphatic heterocycles. The van der Waals surface area contributed by atoms with Gasteiger partial charge in [0, 0.05) is 5.56 Å². The topological polar surface area (TPSA) is 57.6 Å². The van der Waals surface area contributed by atoms with E-state index in [0.717, 1.165) is 16.7 Å². The van der Waals surface area contributed by atoms with E-state index in [0.29, 0.717) is 18.3 Å². The normalized spacial score (nSPS) is 16.1. The van der Waals surface area contributed by atoms with E-state index >= 15 is 0 Å². The van der Waals surface area contributed by atoms with Gasteiger partial charge in [-0.1, -0.05) is 18.2 Å². The lowest BCUT2D eigenvalue weighted by molar-refractivity contribution is -0.123. The van der Waals surface area contributed by atoms with Crippen LogP contribution in [-0.4, -0.2) is 21.2 Å². The van der Waals surface area contributed by atoms with Crippen LogP contribution < -0.4 is 0 Å². The van der Waals surface area contributed by atoms with Gasteiger partial charge in [-0.3, -0.25) is 14.5 Å². The van der Waals surface area contributed by atoms with E-state index in [2.05, 4.69) is 0 Å². The molecule has 2 aromatic rings. The van der Waals surface area contributed by atoms with Gasteiger partial charge in [-0.05, 0) is 86.8 Å². The first-order valence-electron chi connectivity index (χ1n) is 7.03. The number of nitrogens with zero attached hydrogens (tertiary/aromatic N) is 1. The average molecular weight is 581 g/mol. The summed E-state index contributed by atoms with van der Waals surface area (Å²) in [6, 6.07) is 9.51. The van der Waals surface area contributed by atoms with E-state index < -0.39 is 17.0 Å². The largest absolute Gasteiger partial charge is 0.506 e. The fourth-order valence-electron chi connectivity index (χ4n) is 2.25. The quantitative estimate of drug-likeness (QED) is 0.411. The lowest BCUT2D eigenvalue weighted by Crippen LogP contribution is -2.27. The third kappa shape index (κ3) is 4.00. The SMILES string of the molecule is O=C1S/C(=C/c2cc(I)c(O)c(I)c2)C(=O)N1Cc1ccccc1F. The minimum Gasteiger partial charge on any atom is -0.506 e. The Morgan fingerprint density at radius 1 is 1.16 bits per heavy atom. The summed E-state index contributed by atoms with van der Waals surface area (Å²) in [5.74, 6) is -0.712. The van der Waals surface area contributed by atoms with Gasteiger partial charge in [-0.2, -0.15) is 0 Å². The summed E-state index contributed by atoms with van der Waals surface area (Å²) in [6.07, 6.45) is 1.61. The van der Waals surface area contributed by atoms with Crippen LogP contribution in [0.4, 0.5) is 9.18 Å². The first-order chi connectivity index (χ1) is 11.9. The second kappa shape index (κ2) is 7.62. The number of imide groups is 1. The van der Waals surface area contributed by atoms with Gasteiger partial charge >= 0.3 is 0 Å². The van der Waals surface area contributed by atoms with Crippen molar-refractivity contribution in [1.82, 2.24) is 4.90 Å². The lowest BCUT2D eigenvalue weighted by Gasteiger charge is -2.12. The summed E-state index contributed by atoms with van der Waals surface area (Å²) < 4.78 is 15.1. The molecule has 1 N–H and O–H groups in total. The van der Waals surface area contributed by atoms with Crippen LogP contribution in [0.5, 0.6) is 5.75 Å². The molecule has 8 heteroatoms. The highest BCUT2D eigenvalue weighted by molar-refractivity contribution is 14.1. The highest BCUT2D eigenvalue weighted by Crippen LogP contribution is 2.35. The molecule has 0 aromatic heterocycles. The van der Waals surface area contributed by atoms with E-state index in [-0.39, 0.29) is 17.2 Å². The number of hydrogen-bond acceptors (Lipinski definition) is 4. The van der Waals surface area contributed by atoms with E-state index in [1.807, 2.05) is 45.2 Å². The smallest absolute Gasteiger partial charge is 0.293 e. The van der Waals surface area contributed by atoms with Crippen LogP contribution >= 0.6 is 56.9 Å². The van der Waals surface area contributed by atoms with Crippen molar-refractivity contribution in [2.24, 2.45) is 0 Å². The summed E-state index contributed by atoms with van der Waals surface area (Å²) in [5, 5.41) is 9.38. The molecular weight excluding hydrogens is 571 g/mol. The molecule has 0 aliphatic carbocycles. The number of hydrogen-bond donors (Lipinski definition) is 1. The average Bonchev–Trinajstić information content (AvgIpc) is 2.82. The second-order valence-corrected chi connectivity index (χ2v) is 8.51. The number of amides is 2. The number of rotatable bonds is 3. The molecule has 0 unspecified atom stereocenters. The Kier molecular flexibility index (Phi) is 5.68. The highest BCUT2D eigenvalue weighted by atomic mass is 127. The molecule has 2 aromatic carbocycles. The van der Waals surface area contributed by atoms with Crippen LogP contribution in [-0.2, 0) is 11.3 Å². The van der Waals surface area contributed by atoms with Crippen molar-refractivity contribution in [3.8, 4) is 5.75 Å². The molecule has 0 atom stereocenters. The first-order valence-corrected chi connectivity index (χ1v) is 10.0. The van der Waals surface area contributed by atoms with Gasteiger partial charge in [0.2, 0.25) is 0 Å². The number of thioether (sulfide) groups is 1. The molecule has 0 bridgehead atoms. The minimum absolute atomic E-state index is 0.0979. The van der Waals surface area contributed by atoms with Crippen molar-refractivity contribution in [1.29, 1.82) is 0 Å². The van der Waals surface area contributed by atoms with Gasteiger partial charge in [-0.25, -0.2) is 4.39 Å². The number of halogens is 3. The summed E-state index contributed by atoms with van der Waals surface area (Å²) in [6.45, 7) is -0.0979. The summed E-state index contributed by atoms with van der Waals surface area (Å²) >= 11 is 4.83. The Hall–Kier alpha value is -1.14. The second-order valence-electron chi connectivity index (χ2n) is 5.19. The number of aromatic hydroxyl groups is 1. The van der Waals surface area contributed by atoms with Crippen LogP contribution in [0.3, 0.4) is 0 Å². The monoisotopic (exact) mass is 581 g/mol. The van der Waals surface area contributed by atoms with Crippen molar-refractivity contribution in [3.63, 3.8) is 0 Å². The van der Waals surface area contributed by atoms with Gasteiger partial charge in [0.05, 0.1) is 18.6 Å². The van der Waals surface area contributed by atoms with E-state index in [1.165, 1.54) is 6.07 Å². The summed E-state index contributed by atoms with van der Waals surface area (Å²) in [7, 11) is 0. The van der Waals surface area contributed by atoms with Crippen LogP contribution in [0.25, 0.3) is 6.08 Å². The predicted octanol–water partition coefficient (Wildman–Crippen LogP) is 4.98. The van der Waals surface area contributed by atoms with Crippen molar-refractivity contribution in [2.75, 3.05) is 0 Å². The molecule has 25 heavy (non-hydrogen) atoms. The maximum atomic E-state index is 13.8. The van der Waals surface area contributed by atoms with Crippen LogP contribution in [0.2, 0.25) is 0 Å². The maximum absolute atomic E-state index is 13.8. The van der Waals surface area contributed by atoms with E-state index in [1.54, 1.807) is 36.4 Å². The van der Waals surface area contributed by atoms with Crippen molar-refractivity contribution in [2.45, 2.75) is 6.54 Å². The molecule has 0 saturated carbocycles. The van der Waals surface area contributed by atoms with E-state index in [4.69, 9.17) is 0 Å². The van der Waals surface area contributed by atoms with Crippen molar-refractivity contribution < 1.29 is 19.1 Å². The summed E-state index contributed by atoms with van der Waals surface area (Å²) in [5.41, 5.74) is 1.00. The zero-order chi connectivity index (χ0) is 18.1. The third-order valence-corrected chi connectivity index (χ3v) is 6.05. The lowest BCUT2D eigenvalue weighted by atomic mass is 10.2. The number of benzene rings is 2. The van der Waals surface area contributed by atoms with Gasteiger partial charge in [-0.15, -0.1) is 0 Å². The molecule has 1 saturated heterocycles. The fraction of sp³-hybridized carbons (Fsp3) is 0.0588. The molecule has 3 rings (SSSR count). The molecule has 1 fully saturated rings. The Balaban J connectivity index is 1.87. The van der Waals surface area contributed by atoms with Gasteiger partial charge in [0.15, 0.2) is 0 Å². The van der Waals surface area contributed by atoms with Gasteiger partial charge in [0.25, 0.3) is 11.1 Å². The Labute approximate surface area is 174 Å². The Bertz CT molecular complexity index is 894. The maximum Gasteiger partial charge on any atom is 0.293 e.